The Morgan fingerprint density at radius 3 is 0.622 bits per heavy atom. The lowest BCUT2D eigenvalue weighted by Gasteiger charge is -2.11. The molecule has 0 aliphatic rings. The topological polar surface area (TPSA) is 29.6 Å². The number of hydrogen-bond donors (Lipinski definition) is 0. The van der Waals surface area contributed by atoms with Crippen molar-refractivity contribution >= 4 is 131 Å². The van der Waals surface area contributed by atoms with Crippen molar-refractivity contribution < 1.29 is 0 Å². The molecule has 0 aliphatic heterocycles. The minimum atomic E-state index is 1.17. The lowest BCUT2D eigenvalue weighted by atomic mass is 10.0. The molecule has 0 saturated carbocycles. The lowest BCUT2D eigenvalue weighted by Crippen LogP contribution is -1.94. The van der Waals surface area contributed by atoms with Crippen molar-refractivity contribution in [3.05, 3.63) is 508 Å². The van der Waals surface area contributed by atoms with Gasteiger partial charge in [-0.05, 0) is 281 Å². The first kappa shape index (κ1) is 79.6. The number of para-hydroxylation sites is 7. The van der Waals surface area contributed by atoms with Gasteiger partial charge in [-0.25, -0.2) is 0 Å². The third-order valence-corrected chi connectivity index (χ3v) is 27.5. The summed E-state index contributed by atoms with van der Waals surface area (Å²) in [6.07, 6.45) is 0. The molecule has 0 spiro atoms. The van der Waals surface area contributed by atoms with Crippen molar-refractivity contribution in [1.82, 2.24) is 27.4 Å². The van der Waals surface area contributed by atoms with E-state index < -0.39 is 0 Å². The maximum atomic E-state index is 2.42. The molecule has 6 heterocycles. The lowest BCUT2D eigenvalue weighted by molar-refractivity contribution is 1.18. The van der Waals surface area contributed by atoms with Crippen LogP contribution < -0.4 is 0 Å². The molecule has 0 aliphatic carbocycles. The Morgan fingerprint density at radius 1 is 0.104 bits per heavy atom. The molecule has 0 saturated heterocycles. The van der Waals surface area contributed by atoms with Gasteiger partial charge < -0.3 is 27.4 Å². The van der Waals surface area contributed by atoms with Gasteiger partial charge in [0.15, 0.2) is 0 Å². The van der Waals surface area contributed by atoms with E-state index in [0.717, 1.165) is 0 Å². The molecule has 0 N–H and O–H groups in total. The number of hydrogen-bond acceptors (Lipinski definition) is 0. The molecule has 27 rings (SSSR count). The van der Waals surface area contributed by atoms with Crippen LogP contribution in [-0.2, 0) is 0 Å². The molecular formula is C129H90N6. The first-order valence-electron chi connectivity index (χ1n) is 46.6. The second-order valence-corrected chi connectivity index (χ2v) is 35.8. The number of fused-ring (bicyclic) bond motifs is 18. The minimum Gasteiger partial charge on any atom is -0.309 e. The van der Waals surface area contributed by atoms with Crippen LogP contribution in [0.3, 0.4) is 0 Å². The summed E-state index contributed by atoms with van der Waals surface area (Å²) in [4.78, 5) is 0. The Balaban J connectivity index is 0.000000108. The number of aryl methyl sites for hydroxylation is 3. The molecule has 0 unspecified atom stereocenters. The Labute approximate surface area is 782 Å². The van der Waals surface area contributed by atoms with Crippen LogP contribution in [0.5, 0.6) is 0 Å². The van der Waals surface area contributed by atoms with Crippen LogP contribution in [-0.4, -0.2) is 27.4 Å². The molecule has 6 nitrogen and oxygen atoms in total. The summed E-state index contributed by atoms with van der Waals surface area (Å²) in [6, 6.07) is 179. The summed E-state index contributed by atoms with van der Waals surface area (Å²) in [5, 5.41) is 15.2. The average Bonchev–Trinajstić information content (AvgIpc) is 1.60. The average molecular weight is 1720 g/mol. The van der Waals surface area contributed by atoms with Gasteiger partial charge in [0, 0.05) is 98.8 Å². The highest BCUT2D eigenvalue weighted by Crippen LogP contribution is 2.45. The van der Waals surface area contributed by atoms with Crippen molar-refractivity contribution in [3.8, 4) is 101 Å². The van der Waals surface area contributed by atoms with E-state index in [-0.39, 0.29) is 0 Å². The maximum absolute atomic E-state index is 2.42. The standard InChI is InChI=1S/3C43H30N2/c1-29-19-22-41-37(25-29)39-28-33(21-24-43(39)45(41)35-16-10-13-31(26-35)30-11-4-2-5-12-30)32-20-23-42-38(27-32)36-17-8-9-18-40(36)44(42)34-14-6-3-7-15-34;1-29-19-22-37-39-28-33(21-24-42(39)45(43(37)25-29)35-16-10-13-31(26-35)30-11-4-2-5-12-30)32-20-23-41-38(27-32)36-17-8-9-18-40(36)44(41)34-14-6-3-7-15-34;1-29-18-20-30(21-19-29)31-10-9-13-35(26-31)45-41-17-8-6-15-37(41)39-28-33(23-25-43(39)45)32-22-24-42-38(27-32)36-14-5-7-16-40(36)44(42)34-11-3-2-4-12-34/h3*2-28H,1H3. The minimum absolute atomic E-state index is 1.17. The van der Waals surface area contributed by atoms with Gasteiger partial charge in [-0.2, -0.15) is 0 Å². The first-order valence-corrected chi connectivity index (χ1v) is 46.6. The predicted molar refractivity (Wildman–Crippen MR) is 572 cm³/mol. The largest absolute Gasteiger partial charge is 0.309 e. The van der Waals surface area contributed by atoms with Crippen molar-refractivity contribution in [3.63, 3.8) is 0 Å². The molecule has 0 bridgehead atoms. The fraction of sp³-hybridized carbons (Fsp3) is 0.0233. The van der Waals surface area contributed by atoms with Gasteiger partial charge in [0.2, 0.25) is 0 Å². The van der Waals surface area contributed by atoms with Crippen LogP contribution in [0.2, 0.25) is 0 Å². The van der Waals surface area contributed by atoms with E-state index >= 15 is 0 Å². The smallest absolute Gasteiger partial charge is 0.0543 e. The van der Waals surface area contributed by atoms with Crippen LogP contribution in [0.1, 0.15) is 16.7 Å². The van der Waals surface area contributed by atoms with Crippen LogP contribution in [0.25, 0.3) is 232 Å². The van der Waals surface area contributed by atoms with Crippen LogP contribution in [0.4, 0.5) is 0 Å². The third-order valence-electron chi connectivity index (χ3n) is 27.5. The van der Waals surface area contributed by atoms with Gasteiger partial charge in [-0.3, -0.25) is 0 Å². The second kappa shape index (κ2) is 33.1. The zero-order chi connectivity index (χ0) is 89.7. The molecule has 0 fully saturated rings. The predicted octanol–water partition coefficient (Wildman–Crippen LogP) is 34.6. The van der Waals surface area contributed by atoms with E-state index in [4.69, 9.17) is 0 Å². The zero-order valence-electron chi connectivity index (χ0n) is 74.9. The monoisotopic (exact) mass is 1720 g/mol. The summed E-state index contributed by atoms with van der Waals surface area (Å²) in [5.74, 6) is 0. The Bertz CT molecular complexity index is 9300. The van der Waals surface area contributed by atoms with Gasteiger partial charge >= 0.3 is 0 Å². The molecule has 6 heteroatoms. The third kappa shape index (κ3) is 14.0. The fourth-order valence-electron chi connectivity index (χ4n) is 21.1. The quantitative estimate of drug-likeness (QED) is 0.117. The van der Waals surface area contributed by atoms with Crippen LogP contribution in [0.15, 0.2) is 491 Å². The van der Waals surface area contributed by atoms with E-state index in [2.05, 4.69) is 540 Å². The fourth-order valence-corrected chi connectivity index (χ4v) is 21.1. The van der Waals surface area contributed by atoms with Gasteiger partial charge in [0.25, 0.3) is 0 Å². The van der Waals surface area contributed by atoms with Gasteiger partial charge in [0.1, 0.15) is 0 Å². The first-order chi connectivity index (χ1) is 66.7. The summed E-state index contributed by atoms with van der Waals surface area (Å²) < 4.78 is 14.4. The normalized spacial score (nSPS) is 11.7. The maximum Gasteiger partial charge on any atom is 0.0543 e. The van der Waals surface area contributed by atoms with E-state index in [1.807, 2.05) is 0 Å². The number of rotatable bonds is 12. The van der Waals surface area contributed by atoms with E-state index in [0.29, 0.717) is 0 Å². The van der Waals surface area contributed by atoms with Crippen molar-refractivity contribution in [1.29, 1.82) is 0 Å². The molecule has 0 atom stereocenters. The molecule has 21 aromatic carbocycles. The number of aromatic nitrogens is 6. The van der Waals surface area contributed by atoms with Crippen LogP contribution in [0, 0.1) is 20.8 Å². The highest BCUT2D eigenvalue weighted by Gasteiger charge is 2.23. The summed E-state index contributed by atoms with van der Waals surface area (Å²) in [6.45, 7) is 6.49. The van der Waals surface area contributed by atoms with Crippen LogP contribution >= 0.6 is 0 Å². The molecule has 135 heavy (non-hydrogen) atoms. The Morgan fingerprint density at radius 2 is 0.296 bits per heavy atom. The number of nitrogens with zero attached hydrogens (tertiary/aromatic N) is 6. The zero-order valence-corrected chi connectivity index (χ0v) is 74.9. The summed E-state index contributed by atoms with van der Waals surface area (Å²) in [5.41, 5.74) is 40.1. The van der Waals surface area contributed by atoms with E-state index in [9.17, 15) is 0 Å². The second-order valence-electron chi connectivity index (χ2n) is 35.8. The highest BCUT2D eigenvalue weighted by atomic mass is 15.0. The van der Waals surface area contributed by atoms with Gasteiger partial charge in [-0.15, -0.1) is 0 Å². The molecule has 6 aromatic heterocycles. The Kier molecular flexibility index (Phi) is 19.5. The summed E-state index contributed by atoms with van der Waals surface area (Å²) in [7, 11) is 0. The summed E-state index contributed by atoms with van der Waals surface area (Å²) >= 11 is 0. The SMILES string of the molecule is Cc1ccc(-c2cccc(-n3c4ccccc4c4cc(-c5ccc6c(c5)c5ccccc5n6-c5ccccc5)ccc43)c2)cc1.Cc1ccc2c(c1)c1cc(-c3ccc4c(c3)c3ccccc3n4-c3ccccc3)ccc1n2-c1cccc(-c2ccccc2)c1.Cc1ccc2c3cc(-c4ccc5c(c4)c4ccccc4n5-c4ccccc4)ccc3n(-c3cccc(-c4ccccc4)c3)c2c1. The molecule has 636 valence electrons. The molecule has 0 radical (unpaired) electrons. The van der Waals surface area contributed by atoms with E-state index in [1.165, 1.54) is 248 Å². The van der Waals surface area contributed by atoms with Crippen molar-refractivity contribution in [2.45, 2.75) is 20.8 Å². The Hall–Kier alpha value is -17.6. The molecular weight excluding hydrogens is 1630 g/mol. The highest BCUT2D eigenvalue weighted by molar-refractivity contribution is 6.17. The van der Waals surface area contributed by atoms with Crippen molar-refractivity contribution in [2.75, 3.05) is 0 Å². The van der Waals surface area contributed by atoms with Gasteiger partial charge in [-0.1, -0.05) is 314 Å². The van der Waals surface area contributed by atoms with E-state index in [1.54, 1.807) is 0 Å². The molecule has 0 amide bonds. The number of benzene rings is 21. The van der Waals surface area contributed by atoms with Gasteiger partial charge in [0.05, 0.1) is 66.2 Å². The van der Waals surface area contributed by atoms with Crippen molar-refractivity contribution in [2.24, 2.45) is 0 Å². The molecule has 27 aromatic rings.